The van der Waals surface area contributed by atoms with E-state index in [1.807, 2.05) is 24.3 Å². The van der Waals surface area contributed by atoms with E-state index in [1.54, 1.807) is 0 Å². The van der Waals surface area contributed by atoms with E-state index in [1.165, 1.54) is 25.3 Å². The summed E-state index contributed by atoms with van der Waals surface area (Å²) in [6.07, 6.45) is 5.94. The van der Waals surface area contributed by atoms with Gasteiger partial charge in [0.15, 0.2) is 11.6 Å². The zero-order valence-electron chi connectivity index (χ0n) is 12.6. The maximum Gasteiger partial charge on any atom is 0.162 e. The van der Waals surface area contributed by atoms with Crippen LogP contribution in [0, 0.1) is 0 Å². The third-order valence-corrected chi connectivity index (χ3v) is 3.54. The quantitative estimate of drug-likeness (QED) is 0.578. The summed E-state index contributed by atoms with van der Waals surface area (Å²) in [4.78, 5) is 24.7. The number of aromatic nitrogens is 6. The molecule has 6 nitrogen and oxygen atoms in total. The summed E-state index contributed by atoms with van der Waals surface area (Å²) in [7, 11) is 0. The molecule has 4 aromatic rings. The highest BCUT2D eigenvalue weighted by Crippen LogP contribution is 2.29. The molecule has 0 saturated carbocycles. The summed E-state index contributed by atoms with van der Waals surface area (Å²) in [5.41, 5.74) is 3.91. The second-order valence-corrected chi connectivity index (χ2v) is 5.09. The summed E-state index contributed by atoms with van der Waals surface area (Å²) >= 11 is 0. The van der Waals surface area contributed by atoms with Crippen LogP contribution in [0.25, 0.3) is 33.9 Å². The summed E-state index contributed by atoms with van der Waals surface area (Å²) < 4.78 is 0. The zero-order valence-corrected chi connectivity index (χ0v) is 12.6. The second kappa shape index (κ2) is 6.29. The van der Waals surface area contributed by atoms with Crippen LogP contribution in [0.3, 0.4) is 0 Å². The smallest absolute Gasteiger partial charge is 0.162 e. The minimum Gasteiger partial charge on any atom is -0.225 e. The molecule has 0 atom stereocenters. The van der Waals surface area contributed by atoms with Crippen molar-refractivity contribution in [2.24, 2.45) is 0 Å². The first-order valence-corrected chi connectivity index (χ1v) is 7.35. The van der Waals surface area contributed by atoms with Crippen molar-refractivity contribution in [2.75, 3.05) is 0 Å². The van der Waals surface area contributed by atoms with E-state index in [9.17, 15) is 0 Å². The molecule has 0 unspecified atom stereocenters. The van der Waals surface area contributed by atoms with Crippen LogP contribution in [0.4, 0.5) is 0 Å². The minimum absolute atomic E-state index is 0.609. The molecular formula is C18H12N6. The van der Waals surface area contributed by atoms with Crippen molar-refractivity contribution in [3.63, 3.8) is 0 Å². The van der Waals surface area contributed by atoms with Gasteiger partial charge in [0.25, 0.3) is 0 Å². The van der Waals surface area contributed by atoms with E-state index >= 15 is 0 Å². The van der Waals surface area contributed by atoms with Crippen molar-refractivity contribution < 1.29 is 0 Å². The first-order chi connectivity index (χ1) is 11.9. The van der Waals surface area contributed by atoms with E-state index in [-0.39, 0.29) is 0 Å². The minimum atomic E-state index is 0.609. The van der Waals surface area contributed by atoms with E-state index in [4.69, 9.17) is 0 Å². The average molecular weight is 312 g/mol. The molecule has 0 fully saturated rings. The van der Waals surface area contributed by atoms with Gasteiger partial charge in [0, 0.05) is 11.1 Å². The summed E-state index contributed by atoms with van der Waals surface area (Å²) in [6.45, 7) is 0. The van der Waals surface area contributed by atoms with Gasteiger partial charge in [-0.25, -0.2) is 29.9 Å². The van der Waals surface area contributed by atoms with Crippen molar-refractivity contribution >= 4 is 0 Å². The zero-order chi connectivity index (χ0) is 16.2. The van der Waals surface area contributed by atoms with Gasteiger partial charge in [-0.1, -0.05) is 30.3 Å². The van der Waals surface area contributed by atoms with Gasteiger partial charge in [0.1, 0.15) is 25.3 Å². The standard InChI is InChI=1S/C18H12N6/c1-2-4-13(5-3-1)14-6-15(17-21-9-19-10-22-17)8-16(7-14)18-23-11-20-12-24-18/h1-12H. The SMILES string of the molecule is c1ccc(-c2cc(-c3ncncn3)cc(-c3ncncn3)c2)cc1. The lowest BCUT2D eigenvalue weighted by molar-refractivity contribution is 1.05. The Kier molecular flexibility index (Phi) is 3.69. The molecule has 0 saturated heterocycles. The lowest BCUT2D eigenvalue weighted by atomic mass is 9.99. The summed E-state index contributed by atoms with van der Waals surface area (Å²) in [5.74, 6) is 1.22. The lowest BCUT2D eigenvalue weighted by Gasteiger charge is -2.08. The van der Waals surface area contributed by atoms with E-state index in [2.05, 4.69) is 54.2 Å². The second-order valence-electron chi connectivity index (χ2n) is 5.09. The molecule has 2 heterocycles. The molecule has 0 aliphatic carbocycles. The fourth-order valence-corrected chi connectivity index (χ4v) is 2.46. The van der Waals surface area contributed by atoms with Crippen LogP contribution in [0.5, 0.6) is 0 Å². The van der Waals surface area contributed by atoms with Crippen LogP contribution in [-0.4, -0.2) is 29.9 Å². The molecule has 2 aromatic carbocycles. The highest BCUT2D eigenvalue weighted by molar-refractivity contribution is 5.77. The Bertz CT molecular complexity index is 803. The van der Waals surface area contributed by atoms with E-state index < -0.39 is 0 Å². The Morgan fingerprint density at radius 2 is 0.917 bits per heavy atom. The van der Waals surface area contributed by atoms with Gasteiger partial charge in [0.05, 0.1) is 0 Å². The van der Waals surface area contributed by atoms with Crippen molar-refractivity contribution in [3.8, 4) is 33.9 Å². The molecule has 114 valence electrons. The number of hydrogen-bond donors (Lipinski definition) is 0. The number of rotatable bonds is 3. The van der Waals surface area contributed by atoms with Gasteiger partial charge in [0.2, 0.25) is 0 Å². The van der Waals surface area contributed by atoms with Gasteiger partial charge >= 0.3 is 0 Å². The first kappa shape index (κ1) is 14.1. The van der Waals surface area contributed by atoms with E-state index in [0.29, 0.717) is 11.6 Å². The predicted molar refractivity (Wildman–Crippen MR) is 89.5 cm³/mol. The maximum absolute atomic E-state index is 4.24. The van der Waals surface area contributed by atoms with Crippen LogP contribution in [0.1, 0.15) is 0 Å². The Balaban J connectivity index is 1.92. The average Bonchev–Trinajstić information content (AvgIpc) is 2.70. The van der Waals surface area contributed by atoms with Crippen LogP contribution >= 0.6 is 0 Å². The summed E-state index contributed by atoms with van der Waals surface area (Å²) in [6, 6.07) is 16.2. The number of nitrogens with zero attached hydrogens (tertiary/aromatic N) is 6. The van der Waals surface area contributed by atoms with Gasteiger partial charge in [-0.15, -0.1) is 0 Å². The highest BCUT2D eigenvalue weighted by atomic mass is 15.0. The number of benzene rings is 2. The molecule has 0 spiro atoms. The molecule has 0 bridgehead atoms. The Hall–Kier alpha value is -3.54. The Labute approximate surface area is 138 Å². The third-order valence-electron chi connectivity index (χ3n) is 3.54. The van der Waals surface area contributed by atoms with Crippen molar-refractivity contribution in [1.82, 2.24) is 29.9 Å². The monoisotopic (exact) mass is 312 g/mol. The van der Waals surface area contributed by atoms with Gasteiger partial charge < -0.3 is 0 Å². The van der Waals surface area contributed by atoms with Crippen molar-refractivity contribution in [1.29, 1.82) is 0 Å². The van der Waals surface area contributed by atoms with Crippen LogP contribution in [0.15, 0.2) is 73.8 Å². The van der Waals surface area contributed by atoms with E-state index in [0.717, 1.165) is 22.3 Å². The Morgan fingerprint density at radius 1 is 0.458 bits per heavy atom. The van der Waals surface area contributed by atoms with Gasteiger partial charge in [-0.2, -0.15) is 0 Å². The maximum atomic E-state index is 4.24. The Morgan fingerprint density at radius 3 is 1.42 bits per heavy atom. The molecule has 4 rings (SSSR count). The molecule has 0 aliphatic rings. The van der Waals surface area contributed by atoms with Gasteiger partial charge in [-0.3, -0.25) is 0 Å². The molecule has 6 heteroatoms. The van der Waals surface area contributed by atoms with Crippen molar-refractivity contribution in [3.05, 3.63) is 73.8 Å². The van der Waals surface area contributed by atoms with Crippen LogP contribution in [-0.2, 0) is 0 Å². The normalized spacial score (nSPS) is 10.5. The predicted octanol–water partition coefficient (Wildman–Crippen LogP) is 3.06. The number of hydrogen-bond acceptors (Lipinski definition) is 6. The fourth-order valence-electron chi connectivity index (χ4n) is 2.46. The first-order valence-electron chi connectivity index (χ1n) is 7.35. The summed E-state index contributed by atoms with van der Waals surface area (Å²) in [5, 5.41) is 0. The van der Waals surface area contributed by atoms with Crippen molar-refractivity contribution in [2.45, 2.75) is 0 Å². The molecule has 24 heavy (non-hydrogen) atoms. The molecule has 0 radical (unpaired) electrons. The molecule has 0 amide bonds. The molecule has 2 aromatic heterocycles. The molecular weight excluding hydrogens is 300 g/mol. The molecule has 0 aliphatic heterocycles. The molecule has 0 N–H and O–H groups in total. The third kappa shape index (κ3) is 2.85. The topological polar surface area (TPSA) is 77.3 Å². The largest absolute Gasteiger partial charge is 0.225 e. The van der Waals surface area contributed by atoms with Gasteiger partial charge in [-0.05, 0) is 29.3 Å². The lowest BCUT2D eigenvalue weighted by Crippen LogP contribution is -1.94. The fraction of sp³-hybridized carbons (Fsp3) is 0. The van der Waals surface area contributed by atoms with Crippen LogP contribution in [0.2, 0.25) is 0 Å². The highest BCUT2D eigenvalue weighted by Gasteiger charge is 2.10. The van der Waals surface area contributed by atoms with Crippen LogP contribution < -0.4 is 0 Å².